The summed E-state index contributed by atoms with van der Waals surface area (Å²) in [5.41, 5.74) is 7.04. The zero-order chi connectivity index (χ0) is 15.7. The fourth-order valence-electron chi connectivity index (χ4n) is 2.58. The van der Waals surface area contributed by atoms with Crippen LogP contribution in [-0.4, -0.2) is 17.9 Å². The molecule has 0 saturated heterocycles. The molecule has 0 aliphatic carbocycles. The molecule has 1 aliphatic heterocycles. The number of halogens is 1. The van der Waals surface area contributed by atoms with Crippen molar-refractivity contribution in [2.24, 2.45) is 5.10 Å². The van der Waals surface area contributed by atoms with Crippen LogP contribution in [0.15, 0.2) is 46.0 Å². The fourth-order valence-corrected chi connectivity index (χ4v) is 3.14. The van der Waals surface area contributed by atoms with E-state index in [0.29, 0.717) is 0 Å². The number of hydrazone groups is 1. The number of methoxy groups -OCH3 is 1. The molecule has 0 bridgehead atoms. The summed E-state index contributed by atoms with van der Waals surface area (Å²) in [5.74, 6) is 1.07. The molecule has 0 amide bonds. The minimum Gasteiger partial charge on any atom is -0.507 e. The Morgan fingerprint density at radius 2 is 2.09 bits per heavy atom. The molecule has 0 spiro atoms. The first-order valence-corrected chi connectivity index (χ1v) is 7.83. The van der Waals surface area contributed by atoms with Crippen LogP contribution in [0.1, 0.15) is 29.2 Å². The van der Waals surface area contributed by atoms with E-state index in [1.807, 2.05) is 37.3 Å². The number of aromatic hydroxyl groups is 1. The van der Waals surface area contributed by atoms with Gasteiger partial charge in [0, 0.05) is 12.0 Å². The van der Waals surface area contributed by atoms with Crippen LogP contribution in [0.25, 0.3) is 0 Å². The third-order valence-electron chi connectivity index (χ3n) is 3.79. The Balaban J connectivity index is 1.82. The first-order chi connectivity index (χ1) is 10.6. The Hall–Kier alpha value is -2.01. The second-order valence-corrected chi connectivity index (χ2v) is 6.21. The van der Waals surface area contributed by atoms with Gasteiger partial charge in [-0.3, -0.25) is 0 Å². The topological polar surface area (TPSA) is 53.9 Å². The number of hydrogen-bond donors (Lipinski definition) is 2. The normalized spacial score (nSPS) is 17.0. The summed E-state index contributed by atoms with van der Waals surface area (Å²) < 4.78 is 6.17. The molecule has 0 unspecified atom stereocenters. The molecule has 1 heterocycles. The van der Waals surface area contributed by atoms with Gasteiger partial charge in [0.05, 0.1) is 23.3 Å². The van der Waals surface area contributed by atoms with Gasteiger partial charge in [-0.25, -0.2) is 0 Å². The highest BCUT2D eigenvalue weighted by Crippen LogP contribution is 2.32. The van der Waals surface area contributed by atoms with Crippen molar-refractivity contribution in [2.45, 2.75) is 19.4 Å². The van der Waals surface area contributed by atoms with Crippen LogP contribution >= 0.6 is 15.9 Å². The van der Waals surface area contributed by atoms with E-state index in [1.165, 1.54) is 0 Å². The summed E-state index contributed by atoms with van der Waals surface area (Å²) in [4.78, 5) is 0. The van der Waals surface area contributed by atoms with E-state index in [4.69, 9.17) is 4.74 Å². The van der Waals surface area contributed by atoms with E-state index in [-0.39, 0.29) is 11.8 Å². The molecule has 0 radical (unpaired) electrons. The zero-order valence-electron chi connectivity index (χ0n) is 12.4. The third kappa shape index (κ3) is 2.81. The molecule has 2 N–H and O–H groups in total. The second-order valence-electron chi connectivity index (χ2n) is 5.36. The van der Waals surface area contributed by atoms with E-state index < -0.39 is 0 Å². The summed E-state index contributed by atoms with van der Waals surface area (Å²) >= 11 is 3.51. The predicted octanol–water partition coefficient (Wildman–Crippen LogP) is 3.91. The number of benzene rings is 2. The highest BCUT2D eigenvalue weighted by Gasteiger charge is 2.23. The number of phenols is 1. The van der Waals surface area contributed by atoms with Gasteiger partial charge in [-0.2, -0.15) is 5.10 Å². The lowest BCUT2D eigenvalue weighted by Crippen LogP contribution is -2.10. The van der Waals surface area contributed by atoms with Gasteiger partial charge in [0.1, 0.15) is 11.5 Å². The van der Waals surface area contributed by atoms with Crippen LogP contribution in [0.5, 0.6) is 11.5 Å². The van der Waals surface area contributed by atoms with Crippen molar-refractivity contribution in [2.75, 3.05) is 7.11 Å². The van der Waals surface area contributed by atoms with Crippen LogP contribution in [0, 0.1) is 6.92 Å². The predicted molar refractivity (Wildman–Crippen MR) is 90.6 cm³/mol. The first kappa shape index (κ1) is 14.9. The summed E-state index contributed by atoms with van der Waals surface area (Å²) in [6, 6.07) is 11.6. The molecule has 114 valence electrons. The fraction of sp³-hybridized carbons (Fsp3) is 0.235. The van der Waals surface area contributed by atoms with Crippen LogP contribution in [0.4, 0.5) is 0 Å². The summed E-state index contributed by atoms with van der Waals surface area (Å²) in [7, 11) is 1.65. The SMILES string of the molecule is COc1ccc([C@@H]2CC(c3cc(C)ccc3O)=NN2)cc1Br. The largest absolute Gasteiger partial charge is 0.507 e. The number of phenolic OH excluding ortho intramolecular Hbond substituents is 1. The summed E-state index contributed by atoms with van der Waals surface area (Å²) in [5, 5.41) is 14.4. The second kappa shape index (κ2) is 6.01. The molecule has 1 atom stereocenters. The molecule has 0 aromatic heterocycles. The van der Waals surface area contributed by atoms with Crippen molar-refractivity contribution in [1.82, 2.24) is 5.43 Å². The van der Waals surface area contributed by atoms with Crippen LogP contribution < -0.4 is 10.2 Å². The number of rotatable bonds is 3. The van der Waals surface area contributed by atoms with Crippen molar-refractivity contribution in [3.63, 3.8) is 0 Å². The van der Waals surface area contributed by atoms with Gasteiger partial charge in [0.15, 0.2) is 0 Å². The average molecular weight is 361 g/mol. The molecule has 4 nitrogen and oxygen atoms in total. The maximum absolute atomic E-state index is 10.0. The lowest BCUT2D eigenvalue weighted by molar-refractivity contribution is 0.411. The molecule has 2 aromatic rings. The highest BCUT2D eigenvalue weighted by atomic mass is 79.9. The molecule has 1 aliphatic rings. The zero-order valence-corrected chi connectivity index (χ0v) is 14.0. The van der Waals surface area contributed by atoms with Crippen LogP contribution in [0.3, 0.4) is 0 Å². The molecule has 3 rings (SSSR count). The maximum atomic E-state index is 10.0. The molecule has 0 fully saturated rings. The van der Waals surface area contributed by atoms with Crippen molar-refractivity contribution in [3.05, 3.63) is 57.6 Å². The van der Waals surface area contributed by atoms with E-state index in [1.54, 1.807) is 13.2 Å². The molecular weight excluding hydrogens is 344 g/mol. The van der Waals surface area contributed by atoms with Crippen molar-refractivity contribution in [3.8, 4) is 11.5 Å². The number of nitrogens with zero attached hydrogens (tertiary/aromatic N) is 1. The van der Waals surface area contributed by atoms with Crippen molar-refractivity contribution >= 4 is 21.6 Å². The minimum atomic E-state index is 0.0946. The van der Waals surface area contributed by atoms with Gasteiger partial charge in [0.25, 0.3) is 0 Å². The summed E-state index contributed by atoms with van der Waals surface area (Å²) in [6.45, 7) is 2.00. The quantitative estimate of drug-likeness (QED) is 0.872. The molecule has 2 aromatic carbocycles. The van der Waals surface area contributed by atoms with Crippen molar-refractivity contribution < 1.29 is 9.84 Å². The third-order valence-corrected chi connectivity index (χ3v) is 4.41. The smallest absolute Gasteiger partial charge is 0.133 e. The average Bonchev–Trinajstić information content (AvgIpc) is 2.99. The minimum absolute atomic E-state index is 0.0946. The van der Waals surface area contributed by atoms with E-state index in [0.717, 1.165) is 39.0 Å². The first-order valence-electron chi connectivity index (χ1n) is 7.04. The molecule has 5 heteroatoms. The van der Waals surface area contributed by atoms with Crippen molar-refractivity contribution in [1.29, 1.82) is 0 Å². The van der Waals surface area contributed by atoms with Gasteiger partial charge < -0.3 is 15.3 Å². The molecular formula is C17H17BrN2O2. The lowest BCUT2D eigenvalue weighted by Gasteiger charge is -2.12. The monoisotopic (exact) mass is 360 g/mol. The van der Waals surface area contributed by atoms with Gasteiger partial charge in [-0.05, 0) is 52.7 Å². The Morgan fingerprint density at radius 1 is 1.27 bits per heavy atom. The van der Waals surface area contributed by atoms with E-state index in [9.17, 15) is 5.11 Å². The standard InChI is InChI=1S/C17H17BrN2O2/c1-10-3-5-16(21)12(7-10)15-9-14(19-20-15)11-4-6-17(22-2)13(18)8-11/h3-8,14,19,21H,9H2,1-2H3/t14-/m0/s1. The number of nitrogens with one attached hydrogen (secondary N) is 1. The number of aryl methyl sites for hydroxylation is 1. The Morgan fingerprint density at radius 3 is 2.82 bits per heavy atom. The maximum Gasteiger partial charge on any atom is 0.133 e. The highest BCUT2D eigenvalue weighted by molar-refractivity contribution is 9.10. The molecule has 22 heavy (non-hydrogen) atoms. The van der Waals surface area contributed by atoms with Crippen LogP contribution in [-0.2, 0) is 0 Å². The molecule has 0 saturated carbocycles. The summed E-state index contributed by atoms with van der Waals surface area (Å²) in [6.07, 6.45) is 0.732. The van der Waals surface area contributed by atoms with Gasteiger partial charge >= 0.3 is 0 Å². The Kier molecular flexibility index (Phi) is 4.07. The van der Waals surface area contributed by atoms with E-state index in [2.05, 4.69) is 26.5 Å². The van der Waals surface area contributed by atoms with Gasteiger partial charge in [-0.15, -0.1) is 0 Å². The van der Waals surface area contributed by atoms with E-state index >= 15 is 0 Å². The van der Waals surface area contributed by atoms with Gasteiger partial charge in [-0.1, -0.05) is 17.7 Å². The Bertz CT molecular complexity index is 743. The van der Waals surface area contributed by atoms with Gasteiger partial charge in [0.2, 0.25) is 0 Å². The number of ether oxygens (including phenoxy) is 1. The Labute approximate surface area is 137 Å². The van der Waals surface area contributed by atoms with Crippen LogP contribution in [0.2, 0.25) is 0 Å². The number of hydrogen-bond acceptors (Lipinski definition) is 4. The lowest BCUT2D eigenvalue weighted by atomic mass is 9.97.